The van der Waals surface area contributed by atoms with Crippen molar-refractivity contribution in [2.75, 3.05) is 5.75 Å². The Hall–Kier alpha value is -2.01. The standard InChI is InChI=1S/C11H12F3N5O2S/c12-11(13,14)3-5-22(20,21)16-6-9-8-19(18-17-9)10-2-1-4-15-7-10/h1-2,4,7-8,16H,3,5-6H2. The summed E-state index contributed by atoms with van der Waals surface area (Å²) in [7, 11) is -4.03. The zero-order chi connectivity index (χ0) is 16.2. The molecule has 0 aliphatic heterocycles. The zero-order valence-electron chi connectivity index (χ0n) is 11.2. The van der Waals surface area contributed by atoms with Crippen LogP contribution in [0.3, 0.4) is 0 Å². The highest BCUT2D eigenvalue weighted by Gasteiger charge is 2.29. The summed E-state index contributed by atoms with van der Waals surface area (Å²) in [5.74, 6) is -1.02. The Balaban J connectivity index is 1.94. The second-order valence-corrected chi connectivity index (χ2v) is 6.30. The number of aromatic nitrogens is 4. The molecule has 2 rings (SSSR count). The third kappa shape index (κ3) is 5.07. The third-order valence-corrected chi connectivity index (χ3v) is 3.90. The monoisotopic (exact) mass is 335 g/mol. The van der Waals surface area contributed by atoms with Crippen molar-refractivity contribution in [3.63, 3.8) is 0 Å². The molecule has 0 spiro atoms. The molecule has 0 aromatic carbocycles. The van der Waals surface area contributed by atoms with Gasteiger partial charge in [0.1, 0.15) is 0 Å². The van der Waals surface area contributed by atoms with Gasteiger partial charge >= 0.3 is 6.18 Å². The smallest absolute Gasteiger partial charge is 0.262 e. The van der Waals surface area contributed by atoms with Gasteiger partial charge in [0.2, 0.25) is 10.0 Å². The number of nitrogens with zero attached hydrogens (tertiary/aromatic N) is 4. The molecule has 0 bridgehead atoms. The number of halogens is 3. The maximum absolute atomic E-state index is 12.0. The highest BCUT2D eigenvalue weighted by molar-refractivity contribution is 7.89. The van der Waals surface area contributed by atoms with E-state index in [1.807, 2.05) is 0 Å². The third-order valence-electron chi connectivity index (χ3n) is 2.58. The summed E-state index contributed by atoms with van der Waals surface area (Å²) in [6.45, 7) is -0.236. The lowest BCUT2D eigenvalue weighted by Gasteiger charge is -2.07. The molecular formula is C11H12F3N5O2S. The minimum absolute atomic E-state index is 0.236. The van der Waals surface area contributed by atoms with Crippen LogP contribution in [-0.4, -0.2) is 40.3 Å². The lowest BCUT2D eigenvalue weighted by Crippen LogP contribution is -2.28. The number of rotatable bonds is 6. The van der Waals surface area contributed by atoms with E-state index in [0.29, 0.717) is 5.69 Å². The number of hydrogen-bond donors (Lipinski definition) is 1. The van der Waals surface area contributed by atoms with E-state index in [-0.39, 0.29) is 12.2 Å². The van der Waals surface area contributed by atoms with Crippen molar-refractivity contribution < 1.29 is 21.6 Å². The molecule has 0 aliphatic rings. The number of alkyl halides is 3. The van der Waals surface area contributed by atoms with Crippen LogP contribution in [0.1, 0.15) is 12.1 Å². The first-order valence-corrected chi connectivity index (χ1v) is 7.76. The predicted molar refractivity (Wildman–Crippen MR) is 70.5 cm³/mol. The zero-order valence-corrected chi connectivity index (χ0v) is 12.0. The lowest BCUT2D eigenvalue weighted by atomic mass is 10.4. The maximum Gasteiger partial charge on any atom is 0.390 e. The summed E-state index contributed by atoms with van der Waals surface area (Å²) in [5.41, 5.74) is 0.903. The number of sulfonamides is 1. The minimum Gasteiger partial charge on any atom is -0.262 e. The molecule has 0 fully saturated rings. The van der Waals surface area contributed by atoms with E-state index in [0.717, 1.165) is 0 Å². The van der Waals surface area contributed by atoms with Gasteiger partial charge in [-0.15, -0.1) is 5.10 Å². The predicted octanol–water partition coefficient (Wildman–Crippen LogP) is 1.03. The van der Waals surface area contributed by atoms with Gasteiger partial charge in [0.05, 0.1) is 42.5 Å². The van der Waals surface area contributed by atoms with Crippen molar-refractivity contribution >= 4 is 10.0 Å². The molecule has 22 heavy (non-hydrogen) atoms. The molecule has 2 aromatic rings. The van der Waals surface area contributed by atoms with Gasteiger partial charge in [0, 0.05) is 6.20 Å². The van der Waals surface area contributed by atoms with Gasteiger partial charge in [-0.1, -0.05) is 5.21 Å². The topological polar surface area (TPSA) is 89.8 Å². The molecule has 11 heteroatoms. The Morgan fingerprint density at radius 1 is 1.32 bits per heavy atom. The normalized spacial score (nSPS) is 12.5. The molecule has 7 nitrogen and oxygen atoms in total. The summed E-state index contributed by atoms with van der Waals surface area (Å²) in [4.78, 5) is 3.90. The average Bonchev–Trinajstić information content (AvgIpc) is 2.93. The molecule has 0 amide bonds. The van der Waals surface area contributed by atoms with Gasteiger partial charge in [-0.2, -0.15) is 13.2 Å². The van der Waals surface area contributed by atoms with Crippen molar-refractivity contribution in [1.82, 2.24) is 24.7 Å². The average molecular weight is 335 g/mol. The first kappa shape index (κ1) is 16.4. The van der Waals surface area contributed by atoms with Crippen molar-refractivity contribution in [3.8, 4) is 5.69 Å². The highest BCUT2D eigenvalue weighted by Crippen LogP contribution is 2.19. The Kier molecular flexibility index (Phi) is 4.76. The van der Waals surface area contributed by atoms with E-state index in [1.54, 1.807) is 18.3 Å². The SMILES string of the molecule is O=S(=O)(CCC(F)(F)F)NCc1cn(-c2cccnc2)nn1. The Bertz CT molecular complexity index is 715. The number of pyridine rings is 1. The summed E-state index contributed by atoms with van der Waals surface area (Å²) in [6, 6.07) is 3.41. The summed E-state index contributed by atoms with van der Waals surface area (Å²) >= 11 is 0. The van der Waals surface area contributed by atoms with Crippen LogP contribution in [0.4, 0.5) is 13.2 Å². The van der Waals surface area contributed by atoms with E-state index < -0.39 is 28.4 Å². The highest BCUT2D eigenvalue weighted by atomic mass is 32.2. The van der Waals surface area contributed by atoms with Crippen LogP contribution in [-0.2, 0) is 16.6 Å². The van der Waals surface area contributed by atoms with E-state index >= 15 is 0 Å². The Morgan fingerprint density at radius 2 is 2.09 bits per heavy atom. The molecule has 2 heterocycles. The maximum atomic E-state index is 12.0. The molecule has 0 unspecified atom stereocenters. The van der Waals surface area contributed by atoms with E-state index in [4.69, 9.17) is 0 Å². The van der Waals surface area contributed by atoms with Crippen LogP contribution in [0, 0.1) is 0 Å². The minimum atomic E-state index is -4.52. The number of hydrogen-bond acceptors (Lipinski definition) is 5. The summed E-state index contributed by atoms with van der Waals surface area (Å²) in [6.07, 6.45) is -1.34. The molecule has 0 saturated carbocycles. The van der Waals surface area contributed by atoms with Gasteiger partial charge in [-0.05, 0) is 12.1 Å². The summed E-state index contributed by atoms with van der Waals surface area (Å²) in [5, 5.41) is 7.52. The Labute approximate surface area is 124 Å². The largest absolute Gasteiger partial charge is 0.390 e. The fourth-order valence-electron chi connectivity index (χ4n) is 1.50. The van der Waals surface area contributed by atoms with E-state index in [1.165, 1.54) is 17.1 Å². The quantitative estimate of drug-likeness (QED) is 0.852. The van der Waals surface area contributed by atoms with Crippen LogP contribution >= 0.6 is 0 Å². The Morgan fingerprint density at radius 3 is 2.73 bits per heavy atom. The van der Waals surface area contributed by atoms with Crippen LogP contribution < -0.4 is 4.72 Å². The second kappa shape index (κ2) is 6.40. The van der Waals surface area contributed by atoms with Gasteiger partial charge in [-0.3, -0.25) is 4.98 Å². The first-order chi connectivity index (χ1) is 10.3. The van der Waals surface area contributed by atoms with Crippen molar-refractivity contribution in [2.45, 2.75) is 19.1 Å². The van der Waals surface area contributed by atoms with Crippen LogP contribution in [0.15, 0.2) is 30.7 Å². The van der Waals surface area contributed by atoms with Crippen LogP contribution in [0.25, 0.3) is 5.69 Å². The lowest BCUT2D eigenvalue weighted by molar-refractivity contribution is -0.129. The molecule has 2 aromatic heterocycles. The van der Waals surface area contributed by atoms with Crippen molar-refractivity contribution in [3.05, 3.63) is 36.4 Å². The fourth-order valence-corrected chi connectivity index (χ4v) is 2.51. The number of nitrogens with one attached hydrogen (secondary N) is 1. The first-order valence-electron chi connectivity index (χ1n) is 6.11. The molecule has 120 valence electrons. The fraction of sp³-hybridized carbons (Fsp3) is 0.364. The van der Waals surface area contributed by atoms with E-state index in [9.17, 15) is 21.6 Å². The van der Waals surface area contributed by atoms with Gasteiger partial charge in [0.25, 0.3) is 0 Å². The molecule has 0 aliphatic carbocycles. The van der Waals surface area contributed by atoms with Crippen molar-refractivity contribution in [1.29, 1.82) is 0 Å². The molecule has 0 radical (unpaired) electrons. The van der Waals surface area contributed by atoms with Crippen LogP contribution in [0.5, 0.6) is 0 Å². The molecule has 0 saturated heterocycles. The molecular weight excluding hydrogens is 323 g/mol. The molecule has 0 atom stereocenters. The van der Waals surface area contributed by atoms with Gasteiger partial charge in [0.15, 0.2) is 0 Å². The van der Waals surface area contributed by atoms with Crippen molar-refractivity contribution in [2.24, 2.45) is 0 Å². The van der Waals surface area contributed by atoms with Gasteiger partial charge < -0.3 is 0 Å². The summed E-state index contributed by atoms with van der Waals surface area (Å²) < 4.78 is 62.4. The van der Waals surface area contributed by atoms with E-state index in [2.05, 4.69) is 20.0 Å². The molecule has 1 N–H and O–H groups in total. The second-order valence-electron chi connectivity index (χ2n) is 4.37. The van der Waals surface area contributed by atoms with Crippen LogP contribution in [0.2, 0.25) is 0 Å². The van der Waals surface area contributed by atoms with Gasteiger partial charge in [-0.25, -0.2) is 17.8 Å².